The van der Waals surface area contributed by atoms with Crippen molar-refractivity contribution in [2.24, 2.45) is 34.0 Å². The molecule has 2 N–H and O–H groups in total. The molecule has 0 aromatic carbocycles. The number of epoxide rings is 1. The van der Waals surface area contributed by atoms with E-state index in [1.54, 1.807) is 6.26 Å². The predicted octanol–water partition coefficient (Wildman–Crippen LogP) is 5.40. The van der Waals surface area contributed by atoms with E-state index in [2.05, 4.69) is 20.8 Å². The van der Waals surface area contributed by atoms with Crippen LogP contribution in [0.15, 0.2) is 16.7 Å². The van der Waals surface area contributed by atoms with E-state index in [0.717, 1.165) is 56.3 Å². The van der Waals surface area contributed by atoms with Gasteiger partial charge in [-0.25, -0.2) is 4.79 Å². The van der Waals surface area contributed by atoms with E-state index in [1.807, 2.05) is 19.9 Å². The number of ether oxygens (including phenoxy) is 4. The number of carbonyl (C=O) groups is 3. The molecule has 0 amide bonds. The zero-order valence-corrected chi connectivity index (χ0v) is 29.3. The third-order valence-electron chi connectivity index (χ3n) is 13.8. The molecule has 0 radical (unpaired) electrons. The van der Waals surface area contributed by atoms with Crippen LogP contribution in [0.3, 0.4) is 0 Å². The Hall–Kier alpha value is -2.27. The number of cyclic esters (lactones) is 2. The van der Waals surface area contributed by atoms with E-state index in [1.165, 1.54) is 0 Å². The van der Waals surface area contributed by atoms with Crippen LogP contribution < -0.4 is 0 Å². The van der Waals surface area contributed by atoms with Crippen LogP contribution in [-0.2, 0) is 39.8 Å². The van der Waals surface area contributed by atoms with Gasteiger partial charge in [0, 0.05) is 34.8 Å². The first-order valence-corrected chi connectivity index (χ1v) is 18.4. The normalized spacial score (nSPS) is 44.3. The lowest BCUT2D eigenvalue weighted by Gasteiger charge is -2.66. The molecule has 2 saturated carbocycles. The summed E-state index contributed by atoms with van der Waals surface area (Å²) in [7, 11) is 0. The Labute approximate surface area is 283 Å². The zero-order chi connectivity index (χ0) is 34.3. The largest absolute Gasteiger partial charge is 0.469 e. The van der Waals surface area contributed by atoms with Crippen LogP contribution in [0.1, 0.15) is 123 Å². The number of esters is 2. The van der Waals surface area contributed by atoms with Gasteiger partial charge >= 0.3 is 11.9 Å². The molecule has 7 rings (SSSR count). The maximum atomic E-state index is 14.8. The fraction of sp³-hybridized carbons (Fsp3) is 0.816. The molecule has 10 heteroatoms. The highest BCUT2D eigenvalue weighted by molar-refractivity contribution is 5.92. The highest BCUT2D eigenvalue weighted by Gasteiger charge is 2.90. The van der Waals surface area contributed by atoms with Crippen LogP contribution >= 0.6 is 0 Å². The molecule has 48 heavy (non-hydrogen) atoms. The SMILES string of the molecule is CC(C)CC[C@@]1(C)O[C@H]2CC(=O)OC[C@@]23[C@H]2CC[C@]4(C)[C@H](c5ccoc5CCCCCCCCO)OC(=O)[C@H]5O[C@@]54[C@@]2(C)[C@H](O)C(=O)[C@H]31. The molecule has 2 aliphatic carbocycles. The topological polar surface area (TPSA) is 145 Å². The number of fused-ring (bicyclic) bond motifs is 1. The minimum Gasteiger partial charge on any atom is -0.469 e. The highest BCUT2D eigenvalue weighted by atomic mass is 16.7. The summed E-state index contributed by atoms with van der Waals surface area (Å²) in [5.41, 5.74) is -3.96. The standard InChI is InChI=1S/C38H54O10/c1-22(2)13-17-35(4)29-28(41)30(42)36(5)25(37(29)21-45-27(40)20-26(37)47-35)14-16-34(3)31(46-33(43)32-38(34,36)48-32)23-15-19-44-24(23)12-10-8-6-7-9-11-18-39/h15,19,22,25-26,29-32,39,42H,6-14,16-18,20-21H2,1-5H3/t25-,26-,29-,30+,31-,32+,34+,35+,36+,37+,38-/m0/s1. The van der Waals surface area contributed by atoms with Crippen molar-refractivity contribution < 1.29 is 48.0 Å². The van der Waals surface area contributed by atoms with Gasteiger partial charge in [0.1, 0.15) is 30.2 Å². The maximum absolute atomic E-state index is 14.8. The molecule has 0 unspecified atom stereocenters. The minimum atomic E-state index is -1.40. The lowest BCUT2D eigenvalue weighted by atomic mass is 9.36. The van der Waals surface area contributed by atoms with Gasteiger partial charge < -0.3 is 33.6 Å². The molecule has 2 spiro atoms. The van der Waals surface area contributed by atoms with Crippen LogP contribution in [0.5, 0.6) is 0 Å². The van der Waals surface area contributed by atoms with E-state index < -0.39 is 63.8 Å². The quantitative estimate of drug-likeness (QED) is 0.168. The van der Waals surface area contributed by atoms with Crippen LogP contribution in [0.25, 0.3) is 0 Å². The molecular formula is C38H54O10. The number of rotatable bonds is 12. The summed E-state index contributed by atoms with van der Waals surface area (Å²) >= 11 is 0. The summed E-state index contributed by atoms with van der Waals surface area (Å²) in [4.78, 5) is 41.3. The third-order valence-corrected chi connectivity index (χ3v) is 13.8. The first-order valence-electron chi connectivity index (χ1n) is 18.4. The molecule has 0 bridgehead atoms. The van der Waals surface area contributed by atoms with Gasteiger partial charge in [0.05, 0.1) is 30.3 Å². The molecule has 266 valence electrons. The smallest absolute Gasteiger partial charge is 0.339 e. The van der Waals surface area contributed by atoms with Crippen molar-refractivity contribution in [3.05, 3.63) is 23.7 Å². The number of aryl methyl sites for hydroxylation is 1. The van der Waals surface area contributed by atoms with Crippen molar-refractivity contribution in [1.82, 2.24) is 0 Å². The third kappa shape index (κ3) is 4.53. The molecule has 5 heterocycles. The van der Waals surface area contributed by atoms with Gasteiger partial charge in [0.2, 0.25) is 0 Å². The molecule has 11 atom stereocenters. The Bertz CT molecular complexity index is 1440. The Balaban J connectivity index is 1.24. The molecule has 1 aromatic rings. The van der Waals surface area contributed by atoms with Crippen molar-refractivity contribution in [1.29, 1.82) is 0 Å². The molecule has 4 aliphatic heterocycles. The molecular weight excluding hydrogens is 616 g/mol. The van der Waals surface area contributed by atoms with Crippen molar-refractivity contribution in [3.63, 3.8) is 0 Å². The fourth-order valence-corrected chi connectivity index (χ4v) is 11.6. The average molecular weight is 671 g/mol. The van der Waals surface area contributed by atoms with Crippen molar-refractivity contribution in [2.45, 2.75) is 147 Å². The molecule has 1 aromatic heterocycles. The van der Waals surface area contributed by atoms with E-state index in [9.17, 15) is 19.5 Å². The van der Waals surface area contributed by atoms with Gasteiger partial charge in [-0.3, -0.25) is 9.59 Å². The summed E-state index contributed by atoms with van der Waals surface area (Å²) in [5.74, 6) is -0.896. The second-order valence-electron chi connectivity index (χ2n) is 16.8. The first-order chi connectivity index (χ1) is 22.8. The van der Waals surface area contributed by atoms with Gasteiger partial charge in [-0.15, -0.1) is 0 Å². The second-order valence-corrected chi connectivity index (χ2v) is 16.8. The van der Waals surface area contributed by atoms with Gasteiger partial charge in [0.15, 0.2) is 11.9 Å². The Kier molecular flexibility index (Phi) is 8.49. The summed E-state index contributed by atoms with van der Waals surface area (Å²) in [6.45, 7) is 10.5. The lowest BCUT2D eigenvalue weighted by molar-refractivity contribution is -0.252. The number of unbranched alkanes of at least 4 members (excludes halogenated alkanes) is 5. The predicted molar refractivity (Wildman–Crippen MR) is 172 cm³/mol. The molecule has 10 nitrogen and oxygen atoms in total. The maximum Gasteiger partial charge on any atom is 0.339 e. The Morgan fingerprint density at radius 3 is 2.44 bits per heavy atom. The van der Waals surface area contributed by atoms with Gasteiger partial charge in [-0.05, 0) is 63.4 Å². The summed E-state index contributed by atoms with van der Waals surface area (Å²) in [6.07, 6.45) is 7.58. The highest BCUT2D eigenvalue weighted by Crippen LogP contribution is 2.80. The fourth-order valence-electron chi connectivity index (χ4n) is 11.6. The number of carbonyl (C=O) groups excluding carboxylic acids is 3. The first kappa shape index (κ1) is 34.2. The van der Waals surface area contributed by atoms with E-state index in [4.69, 9.17) is 28.5 Å². The van der Waals surface area contributed by atoms with Crippen molar-refractivity contribution >= 4 is 17.7 Å². The van der Waals surface area contributed by atoms with Gasteiger partial charge in [0.25, 0.3) is 0 Å². The van der Waals surface area contributed by atoms with Crippen molar-refractivity contribution in [3.8, 4) is 0 Å². The monoisotopic (exact) mass is 670 g/mol. The number of furan rings is 1. The van der Waals surface area contributed by atoms with E-state index >= 15 is 0 Å². The summed E-state index contributed by atoms with van der Waals surface area (Å²) in [5, 5.41) is 21.4. The number of hydrogen-bond donors (Lipinski definition) is 2. The number of aliphatic hydroxyl groups is 2. The van der Waals surface area contributed by atoms with Crippen molar-refractivity contribution in [2.75, 3.05) is 13.2 Å². The molecule has 4 saturated heterocycles. The zero-order valence-electron chi connectivity index (χ0n) is 29.3. The number of aliphatic hydroxyl groups excluding tert-OH is 2. The Morgan fingerprint density at radius 1 is 0.979 bits per heavy atom. The number of Topliss-reactive ketones (excluding diaryl/α,β-unsaturated/α-hetero) is 1. The summed E-state index contributed by atoms with van der Waals surface area (Å²) < 4.78 is 31.5. The van der Waals surface area contributed by atoms with E-state index in [-0.39, 0.29) is 37.3 Å². The van der Waals surface area contributed by atoms with Gasteiger partial charge in [-0.2, -0.15) is 0 Å². The van der Waals surface area contributed by atoms with Crippen LogP contribution in [-0.4, -0.2) is 70.7 Å². The molecule has 6 fully saturated rings. The second kappa shape index (κ2) is 11.9. The van der Waals surface area contributed by atoms with Crippen LogP contribution in [0.2, 0.25) is 0 Å². The number of ketones is 1. The van der Waals surface area contributed by atoms with E-state index in [0.29, 0.717) is 31.6 Å². The van der Waals surface area contributed by atoms with Gasteiger partial charge in [-0.1, -0.05) is 53.4 Å². The Morgan fingerprint density at radius 2 is 1.71 bits per heavy atom. The minimum absolute atomic E-state index is 0.0500. The average Bonchev–Trinajstić information content (AvgIpc) is 3.58. The van der Waals surface area contributed by atoms with Crippen LogP contribution in [0, 0.1) is 34.0 Å². The summed E-state index contributed by atoms with van der Waals surface area (Å²) in [6, 6.07) is 1.89. The number of hydrogen-bond acceptors (Lipinski definition) is 10. The lowest BCUT2D eigenvalue weighted by Crippen LogP contribution is -2.76. The molecule has 6 aliphatic rings. The van der Waals surface area contributed by atoms with Crippen LogP contribution in [0.4, 0.5) is 0 Å².